The molecule has 0 bridgehead atoms. The van der Waals surface area contributed by atoms with E-state index in [0.717, 1.165) is 0 Å². The topological polar surface area (TPSA) is 274 Å². The lowest BCUT2D eigenvalue weighted by atomic mass is 9.98. The second-order valence-electron chi connectivity index (χ2n) is 10.2. The highest BCUT2D eigenvalue weighted by molar-refractivity contribution is 5.80. The highest BCUT2D eigenvalue weighted by Gasteiger charge is 2.47. The monoisotopic (exact) mass is 612 g/mol. The van der Waals surface area contributed by atoms with Crippen LogP contribution in [-0.2, 0) is 38.2 Å². The summed E-state index contributed by atoms with van der Waals surface area (Å²) in [5.41, 5.74) is 0. The fourth-order valence-corrected chi connectivity index (χ4v) is 4.51. The molecule has 0 aromatic carbocycles. The van der Waals surface area contributed by atoms with Crippen molar-refractivity contribution in [3.8, 4) is 0 Å². The molecule has 0 spiro atoms. The Balaban J connectivity index is 1.33. The van der Waals surface area contributed by atoms with Crippen LogP contribution >= 0.6 is 0 Å². The third-order valence-corrected chi connectivity index (χ3v) is 7.02. The van der Waals surface area contributed by atoms with E-state index < -0.39 is 92.7 Å². The first-order valence-electron chi connectivity index (χ1n) is 13.7. The minimum atomic E-state index is -1.71. The molecule has 2 amide bonds. The van der Waals surface area contributed by atoms with E-state index in [0.29, 0.717) is 17.9 Å². The van der Waals surface area contributed by atoms with E-state index in [-0.39, 0.29) is 44.7 Å². The van der Waals surface area contributed by atoms with Crippen molar-refractivity contribution in [1.29, 1.82) is 0 Å². The molecular weight excluding hydrogens is 572 g/mol. The smallest absolute Gasteiger partial charge is 0.332 e. The molecule has 3 rings (SSSR count). The lowest BCUT2D eigenvalue weighted by Crippen LogP contribution is -2.61. The summed E-state index contributed by atoms with van der Waals surface area (Å²) in [6, 6.07) is 0. The summed E-state index contributed by atoms with van der Waals surface area (Å²) in [4.78, 5) is 40.2. The molecule has 3 aliphatic rings. The van der Waals surface area contributed by atoms with Crippen molar-refractivity contribution in [2.45, 2.75) is 106 Å². The Bertz CT molecular complexity index is 895. The summed E-state index contributed by atoms with van der Waals surface area (Å²) >= 11 is 0. The van der Waals surface area contributed by atoms with Gasteiger partial charge in [0, 0.05) is 32.2 Å². The van der Waals surface area contributed by atoms with Gasteiger partial charge in [0.2, 0.25) is 5.91 Å². The van der Waals surface area contributed by atoms with Crippen molar-refractivity contribution < 1.29 is 79.0 Å². The second-order valence-corrected chi connectivity index (χ2v) is 10.2. The van der Waals surface area contributed by atoms with E-state index in [1.807, 2.05) is 0 Å². The Hall–Kier alpha value is -2.07. The molecule has 9 N–H and O–H groups in total. The van der Waals surface area contributed by atoms with Crippen molar-refractivity contribution in [2.75, 3.05) is 26.4 Å². The molecular formula is C24H40N2O16. The van der Waals surface area contributed by atoms with Crippen molar-refractivity contribution in [2.24, 2.45) is 0 Å². The molecule has 0 aliphatic carbocycles. The fraction of sp³-hybridized carbons (Fsp3) is 0.875. The first kappa shape index (κ1) is 34.4. The van der Waals surface area contributed by atoms with Crippen LogP contribution in [0.2, 0.25) is 0 Å². The standard InChI is InChI=1S/C24H40N2O16/c27-9-11-17(32)19(34)22(37)24(40-11)39-10-12-18(33)20(35)21(36)23(41-12)38-8-7-25-13(28)3-1-2-4-16(31)42-26-14(29)5-6-15(26)30/h11-12,14,17-24,27,29,32-37H,1-10H2,(H,25,28)/t11-,12-,14?,17-,18-,19+,20+,21+,22+,23+,24+/m1/s1. The van der Waals surface area contributed by atoms with Crippen molar-refractivity contribution in [3.05, 3.63) is 0 Å². The average molecular weight is 613 g/mol. The van der Waals surface area contributed by atoms with E-state index in [9.17, 15) is 55.2 Å². The van der Waals surface area contributed by atoms with E-state index >= 15 is 0 Å². The Morgan fingerprint density at radius 3 is 2.05 bits per heavy atom. The number of carbonyl (C=O) groups is 3. The molecule has 18 heteroatoms. The largest absolute Gasteiger partial charge is 0.394 e. The van der Waals surface area contributed by atoms with Gasteiger partial charge >= 0.3 is 5.97 Å². The van der Waals surface area contributed by atoms with Gasteiger partial charge in [-0.15, -0.1) is 5.06 Å². The summed E-state index contributed by atoms with van der Waals surface area (Å²) in [7, 11) is 0. The Morgan fingerprint density at radius 1 is 0.833 bits per heavy atom. The predicted octanol–water partition coefficient (Wildman–Crippen LogP) is -5.30. The zero-order valence-corrected chi connectivity index (χ0v) is 22.7. The highest BCUT2D eigenvalue weighted by Crippen LogP contribution is 2.26. The van der Waals surface area contributed by atoms with Gasteiger partial charge in [-0.3, -0.25) is 9.59 Å². The summed E-state index contributed by atoms with van der Waals surface area (Å²) in [5, 5.41) is 82.6. The summed E-state index contributed by atoms with van der Waals surface area (Å²) in [6.45, 7) is -1.35. The molecule has 3 saturated heterocycles. The third-order valence-electron chi connectivity index (χ3n) is 7.02. The molecule has 0 aromatic heterocycles. The average Bonchev–Trinajstić information content (AvgIpc) is 3.28. The fourth-order valence-electron chi connectivity index (χ4n) is 4.51. The molecule has 0 aromatic rings. The summed E-state index contributed by atoms with van der Waals surface area (Å²) in [6.07, 6.45) is -15.6. The normalized spacial score (nSPS) is 37.1. The van der Waals surface area contributed by atoms with Crippen LogP contribution in [0, 0.1) is 0 Å². The molecule has 3 heterocycles. The number of hydrogen-bond acceptors (Lipinski definition) is 16. The lowest BCUT2D eigenvalue weighted by molar-refractivity contribution is -0.330. The minimum absolute atomic E-state index is 0.00685. The summed E-state index contributed by atoms with van der Waals surface area (Å²) in [5.74, 6) is -1.54. The zero-order valence-electron chi connectivity index (χ0n) is 22.7. The quantitative estimate of drug-likeness (QED) is 0.0829. The maximum atomic E-state index is 12.0. The first-order chi connectivity index (χ1) is 19.9. The van der Waals surface area contributed by atoms with Gasteiger partial charge in [-0.25, -0.2) is 4.79 Å². The van der Waals surface area contributed by atoms with Crippen LogP contribution in [0.3, 0.4) is 0 Å². The van der Waals surface area contributed by atoms with Crippen LogP contribution in [0.15, 0.2) is 0 Å². The number of aliphatic hydroxyl groups is 8. The molecule has 42 heavy (non-hydrogen) atoms. The van der Waals surface area contributed by atoms with E-state index in [1.165, 1.54) is 0 Å². The number of rotatable bonds is 14. The number of amides is 2. The molecule has 3 fully saturated rings. The van der Waals surface area contributed by atoms with Gasteiger partial charge in [0.1, 0.15) is 48.8 Å². The molecule has 3 aliphatic heterocycles. The molecule has 1 unspecified atom stereocenters. The van der Waals surface area contributed by atoms with Gasteiger partial charge < -0.3 is 70.0 Å². The van der Waals surface area contributed by atoms with E-state index in [1.54, 1.807) is 0 Å². The number of carbonyl (C=O) groups excluding carboxylic acids is 3. The minimum Gasteiger partial charge on any atom is -0.394 e. The van der Waals surface area contributed by atoms with Gasteiger partial charge in [-0.1, -0.05) is 0 Å². The number of unbranched alkanes of at least 4 members (excludes halogenated alkanes) is 1. The van der Waals surface area contributed by atoms with Crippen LogP contribution in [0.4, 0.5) is 0 Å². The summed E-state index contributed by atoms with van der Waals surface area (Å²) < 4.78 is 21.4. The van der Waals surface area contributed by atoms with Crippen LogP contribution in [0.5, 0.6) is 0 Å². The van der Waals surface area contributed by atoms with E-state index in [2.05, 4.69) is 5.32 Å². The van der Waals surface area contributed by atoms with Crippen molar-refractivity contribution >= 4 is 17.8 Å². The van der Waals surface area contributed by atoms with Crippen LogP contribution in [0.1, 0.15) is 38.5 Å². The maximum absolute atomic E-state index is 12.0. The Labute approximate surface area is 240 Å². The third kappa shape index (κ3) is 8.97. The second kappa shape index (κ2) is 16.1. The Kier molecular flexibility index (Phi) is 13.2. The SMILES string of the molecule is O=C(CCCCC(=O)ON1C(=O)CCC1O)NCCO[C@H]1O[C@H](CO[C@H]2O[C@H](CO)[C@@H](O)[C@H](O)[C@@H]2O)[C@@H](O)[C@H](O)[C@@H]1O. The number of aliphatic hydroxyl groups excluding tert-OH is 8. The van der Waals surface area contributed by atoms with Gasteiger partial charge in [-0.2, -0.15) is 0 Å². The number of nitrogens with one attached hydrogen (secondary N) is 1. The van der Waals surface area contributed by atoms with Crippen molar-refractivity contribution in [3.63, 3.8) is 0 Å². The lowest BCUT2D eigenvalue weighted by Gasteiger charge is -2.42. The number of nitrogens with zero attached hydrogens (tertiary/aromatic N) is 1. The van der Waals surface area contributed by atoms with Gasteiger partial charge in [0.05, 0.1) is 19.8 Å². The zero-order chi connectivity index (χ0) is 31.0. The van der Waals surface area contributed by atoms with E-state index in [4.69, 9.17) is 23.8 Å². The number of ether oxygens (including phenoxy) is 4. The van der Waals surface area contributed by atoms with Crippen LogP contribution in [-0.4, -0.2) is 158 Å². The molecule has 0 radical (unpaired) electrons. The van der Waals surface area contributed by atoms with Crippen LogP contribution in [0.25, 0.3) is 0 Å². The molecule has 11 atom stereocenters. The van der Waals surface area contributed by atoms with Crippen LogP contribution < -0.4 is 5.32 Å². The predicted molar refractivity (Wildman–Crippen MR) is 132 cm³/mol. The van der Waals surface area contributed by atoms with Gasteiger partial charge in [0.15, 0.2) is 18.8 Å². The van der Waals surface area contributed by atoms with Gasteiger partial charge in [-0.05, 0) is 12.8 Å². The number of hydroxylamine groups is 2. The molecule has 18 nitrogen and oxygen atoms in total. The number of hydrogen-bond donors (Lipinski definition) is 9. The molecule has 0 saturated carbocycles. The Morgan fingerprint density at radius 2 is 1.43 bits per heavy atom. The van der Waals surface area contributed by atoms with Crippen molar-refractivity contribution in [1.82, 2.24) is 10.4 Å². The highest BCUT2D eigenvalue weighted by atomic mass is 16.7. The van der Waals surface area contributed by atoms with Gasteiger partial charge in [0.25, 0.3) is 5.91 Å². The maximum Gasteiger partial charge on any atom is 0.332 e. The molecule has 242 valence electrons. The first-order valence-corrected chi connectivity index (χ1v) is 13.7.